The summed E-state index contributed by atoms with van der Waals surface area (Å²) in [6.45, 7) is 1.88. The highest BCUT2D eigenvalue weighted by Gasteiger charge is 2.63. The molecule has 0 saturated heterocycles. The third-order valence-electron chi connectivity index (χ3n) is 7.87. The van der Waals surface area contributed by atoms with E-state index in [-0.39, 0.29) is 29.7 Å². The topological polar surface area (TPSA) is 174 Å². The van der Waals surface area contributed by atoms with Crippen LogP contribution in [-0.2, 0) is 16.0 Å². The van der Waals surface area contributed by atoms with Gasteiger partial charge in [0.2, 0.25) is 5.78 Å². The minimum absolute atomic E-state index is 0.0298. The van der Waals surface area contributed by atoms with Crippen molar-refractivity contribution in [2.75, 3.05) is 14.1 Å². The fourth-order valence-electron chi connectivity index (χ4n) is 6.24. The summed E-state index contributed by atoms with van der Waals surface area (Å²) in [6.07, 6.45) is 1.86. The van der Waals surface area contributed by atoms with E-state index in [2.05, 4.69) is 4.98 Å². The number of phenolic OH excluding ortho intramolecular Hbond substituents is 1. The number of primary amides is 1. The molecule has 0 fully saturated rings. The number of carbonyl (C=O) groups is 3. The van der Waals surface area contributed by atoms with E-state index in [9.17, 15) is 34.8 Å². The number of rotatable bonds is 3. The van der Waals surface area contributed by atoms with Gasteiger partial charge in [-0.05, 0) is 69.1 Å². The average molecular weight is 506 g/mol. The summed E-state index contributed by atoms with van der Waals surface area (Å²) in [5.74, 6) is -6.74. The number of phenols is 1. The van der Waals surface area contributed by atoms with Gasteiger partial charge in [0.15, 0.2) is 11.4 Å². The van der Waals surface area contributed by atoms with E-state index < -0.39 is 58.0 Å². The van der Waals surface area contributed by atoms with Gasteiger partial charge < -0.3 is 26.2 Å². The molecule has 192 valence electrons. The minimum atomic E-state index is -2.66. The number of aromatic nitrogens is 1. The molecule has 4 atom stereocenters. The van der Waals surface area contributed by atoms with Gasteiger partial charge in [-0.2, -0.15) is 0 Å². The quantitative estimate of drug-likeness (QED) is 0.387. The fraction of sp³-hybridized carbons (Fsp3) is 0.333. The number of aliphatic hydroxyl groups excluding tert-OH is 2. The Kier molecular flexibility index (Phi) is 5.50. The van der Waals surface area contributed by atoms with Gasteiger partial charge in [-0.15, -0.1) is 0 Å². The van der Waals surface area contributed by atoms with Crippen LogP contribution in [0.1, 0.15) is 27.9 Å². The number of fused-ring (bicyclic) bond motifs is 3. The summed E-state index contributed by atoms with van der Waals surface area (Å²) in [4.78, 5) is 45.2. The molecule has 6 N–H and O–H groups in total. The van der Waals surface area contributed by atoms with Gasteiger partial charge in [0.1, 0.15) is 22.8 Å². The first-order chi connectivity index (χ1) is 17.4. The number of hydrogen-bond acceptors (Lipinski definition) is 9. The first kappa shape index (κ1) is 24.7. The normalized spacial score (nSPS) is 27.2. The zero-order valence-corrected chi connectivity index (χ0v) is 20.5. The number of ketones is 2. The molecule has 1 aromatic heterocycles. The van der Waals surface area contributed by atoms with Crippen molar-refractivity contribution in [1.29, 1.82) is 0 Å². The Morgan fingerprint density at radius 3 is 2.49 bits per heavy atom. The van der Waals surface area contributed by atoms with Crippen LogP contribution < -0.4 is 5.73 Å². The molecule has 1 aromatic carbocycles. The lowest BCUT2D eigenvalue weighted by Gasteiger charge is -2.50. The van der Waals surface area contributed by atoms with Gasteiger partial charge in [-0.1, -0.05) is 6.07 Å². The Morgan fingerprint density at radius 2 is 1.86 bits per heavy atom. The number of Topliss-reactive ketones (excluding diaryl/α,β-unsaturated/α-hetero) is 2. The van der Waals surface area contributed by atoms with Crippen LogP contribution in [0.5, 0.6) is 5.75 Å². The number of likely N-dealkylation sites (N-methyl/N-ethyl adjacent to an activating group) is 1. The highest BCUT2D eigenvalue weighted by molar-refractivity contribution is 6.24. The Balaban J connectivity index is 1.74. The maximum atomic E-state index is 13.8. The number of benzene rings is 1. The van der Waals surface area contributed by atoms with Crippen LogP contribution in [0.3, 0.4) is 0 Å². The van der Waals surface area contributed by atoms with Gasteiger partial charge in [-0.25, -0.2) is 0 Å². The molecular weight excluding hydrogens is 478 g/mol. The summed E-state index contributed by atoms with van der Waals surface area (Å²) >= 11 is 0. The largest absolute Gasteiger partial charge is 0.510 e. The van der Waals surface area contributed by atoms with Crippen LogP contribution in [0, 0.1) is 18.8 Å². The third kappa shape index (κ3) is 3.25. The number of nitrogens with zero attached hydrogens (tertiary/aromatic N) is 2. The maximum absolute atomic E-state index is 13.8. The zero-order chi connectivity index (χ0) is 27.0. The second kappa shape index (κ2) is 8.25. The molecule has 3 aliphatic rings. The van der Waals surface area contributed by atoms with Crippen molar-refractivity contribution in [1.82, 2.24) is 9.88 Å². The first-order valence-corrected chi connectivity index (χ1v) is 11.8. The number of aromatic hydroxyl groups is 1. The lowest BCUT2D eigenvalue weighted by Crippen LogP contribution is -2.63. The molecule has 5 rings (SSSR count). The fourth-order valence-corrected chi connectivity index (χ4v) is 6.24. The maximum Gasteiger partial charge on any atom is 0.255 e. The molecule has 10 heteroatoms. The molecule has 0 aliphatic heterocycles. The second-order valence-corrected chi connectivity index (χ2v) is 10.1. The predicted molar refractivity (Wildman–Crippen MR) is 132 cm³/mol. The minimum Gasteiger partial charge on any atom is -0.510 e. The van der Waals surface area contributed by atoms with E-state index in [0.29, 0.717) is 16.8 Å². The standard InChI is InChI=1S/C27H27N3O7/c1-11-5-4-8-29-20(11)13-6-7-16(31)18-14(13)9-12-10-15-21(30(2)3)23(33)19(26(28)36)25(35)27(15,37)24(34)17(12)22(18)32/h4-8,12,15,21,31,33-34,37H,9-10H2,1-3H3,(H2,28,36)/t12-,15+,21+,27+/m1/s1. The van der Waals surface area contributed by atoms with Gasteiger partial charge in [-0.3, -0.25) is 24.3 Å². The SMILES string of the molecule is Cc1cccnc1-c1ccc(O)c2c1C[C@@H]1C[C@H]3[C@H](N(C)C)C(O)=C(C(N)=O)C(=O)[C@@]3(O)C(O)=C1C2=O. The monoisotopic (exact) mass is 505 g/mol. The molecule has 0 radical (unpaired) electrons. The van der Waals surface area contributed by atoms with Gasteiger partial charge in [0, 0.05) is 23.3 Å². The molecule has 10 nitrogen and oxygen atoms in total. The van der Waals surface area contributed by atoms with Gasteiger partial charge in [0.05, 0.1) is 17.3 Å². The molecule has 1 heterocycles. The van der Waals surface area contributed by atoms with Crippen molar-refractivity contribution in [3.63, 3.8) is 0 Å². The number of hydrogen-bond donors (Lipinski definition) is 5. The van der Waals surface area contributed by atoms with E-state index in [0.717, 1.165) is 5.56 Å². The third-order valence-corrected chi connectivity index (χ3v) is 7.87. The Bertz CT molecular complexity index is 1460. The lowest BCUT2D eigenvalue weighted by molar-refractivity contribution is -0.148. The van der Waals surface area contributed by atoms with Crippen molar-refractivity contribution in [3.05, 3.63) is 69.8 Å². The van der Waals surface area contributed by atoms with E-state index in [1.54, 1.807) is 32.4 Å². The molecule has 2 aromatic rings. The molecule has 3 aliphatic carbocycles. The molecule has 1 amide bonds. The zero-order valence-electron chi connectivity index (χ0n) is 20.5. The summed E-state index contributed by atoms with van der Waals surface area (Å²) in [5.41, 5.74) is 4.34. The van der Waals surface area contributed by atoms with E-state index in [4.69, 9.17) is 5.73 Å². The van der Waals surface area contributed by atoms with E-state index in [1.807, 2.05) is 13.0 Å². The molecule has 0 saturated carbocycles. The number of aryl methyl sites for hydroxylation is 1. The summed E-state index contributed by atoms with van der Waals surface area (Å²) in [6, 6.07) is 5.69. The average Bonchev–Trinajstić information content (AvgIpc) is 2.82. The molecular formula is C27H27N3O7. The molecule has 0 bridgehead atoms. The van der Waals surface area contributed by atoms with Gasteiger partial charge >= 0.3 is 0 Å². The first-order valence-electron chi connectivity index (χ1n) is 11.8. The van der Waals surface area contributed by atoms with Crippen LogP contribution in [0.15, 0.2) is 53.1 Å². The smallest absolute Gasteiger partial charge is 0.255 e. The van der Waals surface area contributed by atoms with Crippen LogP contribution >= 0.6 is 0 Å². The number of pyridine rings is 1. The number of amides is 1. The van der Waals surface area contributed by atoms with Crippen molar-refractivity contribution >= 4 is 17.5 Å². The molecule has 37 heavy (non-hydrogen) atoms. The van der Waals surface area contributed by atoms with Crippen LogP contribution in [-0.4, -0.2) is 73.5 Å². The number of carbonyl (C=O) groups excluding carboxylic acids is 3. The summed E-state index contributed by atoms with van der Waals surface area (Å²) in [7, 11) is 3.18. The Labute approximate surface area is 212 Å². The van der Waals surface area contributed by atoms with E-state index in [1.165, 1.54) is 11.0 Å². The van der Waals surface area contributed by atoms with Crippen molar-refractivity contribution < 1.29 is 34.8 Å². The Morgan fingerprint density at radius 1 is 1.16 bits per heavy atom. The van der Waals surface area contributed by atoms with Crippen molar-refractivity contribution in [3.8, 4) is 17.0 Å². The van der Waals surface area contributed by atoms with E-state index >= 15 is 0 Å². The number of aliphatic hydroxyl groups is 3. The van der Waals surface area contributed by atoms with Crippen LogP contribution in [0.2, 0.25) is 0 Å². The second-order valence-electron chi connectivity index (χ2n) is 10.1. The van der Waals surface area contributed by atoms with Crippen molar-refractivity contribution in [2.24, 2.45) is 17.6 Å². The number of allylic oxidation sites excluding steroid dienone is 1. The summed E-state index contributed by atoms with van der Waals surface area (Å²) < 4.78 is 0. The predicted octanol–water partition coefficient (Wildman–Crippen LogP) is 1.49. The highest BCUT2D eigenvalue weighted by Crippen LogP contribution is 2.53. The van der Waals surface area contributed by atoms with Crippen LogP contribution in [0.4, 0.5) is 0 Å². The van der Waals surface area contributed by atoms with Crippen LogP contribution in [0.25, 0.3) is 11.3 Å². The van der Waals surface area contributed by atoms with Gasteiger partial charge in [0.25, 0.3) is 5.91 Å². The lowest BCUT2D eigenvalue weighted by atomic mass is 9.58. The molecule has 0 spiro atoms. The van der Waals surface area contributed by atoms with Crippen molar-refractivity contribution in [2.45, 2.75) is 31.4 Å². The number of nitrogens with two attached hydrogens (primary N) is 1. The Hall–Kier alpha value is -4.02. The highest BCUT2D eigenvalue weighted by atomic mass is 16.3. The summed E-state index contributed by atoms with van der Waals surface area (Å²) in [5, 5.41) is 44.5. The molecule has 0 unspecified atom stereocenters.